The summed E-state index contributed by atoms with van der Waals surface area (Å²) in [4.78, 5) is 0. The van der Waals surface area contributed by atoms with Crippen LogP contribution in [0.15, 0.2) is 59.2 Å². The molecule has 0 spiro atoms. The van der Waals surface area contributed by atoms with E-state index in [9.17, 15) is 15.3 Å². The molecule has 0 aromatic heterocycles. The van der Waals surface area contributed by atoms with Crippen LogP contribution in [0.3, 0.4) is 0 Å². The van der Waals surface area contributed by atoms with Gasteiger partial charge in [-0.2, -0.15) is 0 Å². The Morgan fingerprint density at radius 2 is 0.702 bits per heavy atom. The molecule has 0 saturated carbocycles. The van der Waals surface area contributed by atoms with Gasteiger partial charge in [-0.15, -0.1) is 0 Å². The van der Waals surface area contributed by atoms with E-state index in [1.165, 1.54) is 33.4 Å². The summed E-state index contributed by atoms with van der Waals surface area (Å²) in [6.45, 7) is 46.6. The average Bonchev–Trinajstić information content (AvgIpc) is 3.00. The highest BCUT2D eigenvalue weighted by Crippen LogP contribution is 2.50. The molecule has 0 fully saturated rings. The number of rotatable bonds is 6. The van der Waals surface area contributed by atoms with Crippen molar-refractivity contribution in [3.05, 3.63) is 109 Å². The number of allylic oxidation sites excluding steroid dienone is 4. The zero-order chi connectivity index (χ0) is 43.8. The van der Waals surface area contributed by atoms with Crippen LogP contribution in [0, 0.1) is 11.3 Å². The molecular formula is C54H80O3. The van der Waals surface area contributed by atoms with Crippen LogP contribution in [0.5, 0.6) is 17.2 Å². The van der Waals surface area contributed by atoms with Crippen LogP contribution >= 0.6 is 0 Å². The molecule has 3 nitrogen and oxygen atoms in total. The fourth-order valence-corrected chi connectivity index (χ4v) is 8.86. The van der Waals surface area contributed by atoms with E-state index in [-0.39, 0.29) is 43.8 Å². The van der Waals surface area contributed by atoms with Crippen LogP contribution in [0.1, 0.15) is 195 Å². The lowest BCUT2D eigenvalue weighted by molar-refractivity contribution is 0.301. The zero-order valence-electron chi connectivity index (χ0n) is 40.1. The summed E-state index contributed by atoms with van der Waals surface area (Å²) >= 11 is 0. The third-order valence-electron chi connectivity index (χ3n) is 12.6. The minimum atomic E-state index is -0.220. The molecule has 3 heteroatoms. The summed E-state index contributed by atoms with van der Waals surface area (Å²) in [7, 11) is 0. The lowest BCUT2D eigenvalue weighted by atomic mass is 9.62. The predicted molar refractivity (Wildman–Crippen MR) is 246 cm³/mol. The number of aromatic hydroxyl groups is 3. The molecule has 3 aromatic carbocycles. The molecule has 1 unspecified atom stereocenters. The molecule has 0 bridgehead atoms. The molecule has 57 heavy (non-hydrogen) atoms. The fourth-order valence-electron chi connectivity index (χ4n) is 8.86. The first-order valence-electron chi connectivity index (χ1n) is 21.5. The summed E-state index contributed by atoms with van der Waals surface area (Å²) in [5.74, 6) is 1.43. The van der Waals surface area contributed by atoms with E-state index in [1.807, 2.05) is 0 Å². The monoisotopic (exact) mass is 777 g/mol. The van der Waals surface area contributed by atoms with Crippen molar-refractivity contribution in [2.45, 2.75) is 197 Å². The van der Waals surface area contributed by atoms with Gasteiger partial charge in [-0.1, -0.05) is 187 Å². The molecule has 0 radical (unpaired) electrons. The van der Waals surface area contributed by atoms with E-state index < -0.39 is 0 Å². The van der Waals surface area contributed by atoms with Crippen molar-refractivity contribution >= 4 is 0 Å². The number of phenols is 3. The van der Waals surface area contributed by atoms with Crippen LogP contribution < -0.4 is 0 Å². The van der Waals surface area contributed by atoms with Gasteiger partial charge in [-0.05, 0) is 131 Å². The molecule has 1 atom stereocenters. The predicted octanol–water partition coefficient (Wildman–Crippen LogP) is 14.5. The highest BCUT2D eigenvalue weighted by Gasteiger charge is 2.39. The van der Waals surface area contributed by atoms with E-state index in [4.69, 9.17) is 0 Å². The maximum Gasteiger partial charge on any atom is 0.123 e. The zero-order valence-corrected chi connectivity index (χ0v) is 40.1. The van der Waals surface area contributed by atoms with Crippen LogP contribution in [-0.2, 0) is 51.8 Å². The second-order valence-electron chi connectivity index (χ2n) is 24.3. The second-order valence-corrected chi connectivity index (χ2v) is 24.3. The minimum Gasteiger partial charge on any atom is -0.507 e. The Morgan fingerprint density at radius 1 is 0.439 bits per heavy atom. The van der Waals surface area contributed by atoms with Gasteiger partial charge in [0.2, 0.25) is 0 Å². The maximum atomic E-state index is 11.7. The molecule has 1 aliphatic rings. The molecule has 4 rings (SSSR count). The van der Waals surface area contributed by atoms with Crippen molar-refractivity contribution in [3.8, 4) is 17.2 Å². The first-order chi connectivity index (χ1) is 25.5. The van der Waals surface area contributed by atoms with Crippen LogP contribution in [0.2, 0.25) is 0 Å². The summed E-state index contributed by atoms with van der Waals surface area (Å²) < 4.78 is 0. The number of phenolic OH excluding ortho intramolecular Hbond substituents is 3. The quantitative estimate of drug-likeness (QED) is 0.234. The van der Waals surface area contributed by atoms with E-state index in [0.717, 1.165) is 52.6 Å². The van der Waals surface area contributed by atoms with Gasteiger partial charge in [0.25, 0.3) is 0 Å². The first kappa shape index (κ1) is 46.2. The fraction of sp³-hybridized carbons (Fsp3) is 0.593. The molecule has 1 aliphatic carbocycles. The number of hydrogen-bond donors (Lipinski definition) is 3. The highest BCUT2D eigenvalue weighted by atomic mass is 16.3. The number of benzene rings is 3. The topological polar surface area (TPSA) is 60.7 Å². The van der Waals surface area contributed by atoms with Gasteiger partial charge in [-0.25, -0.2) is 0 Å². The van der Waals surface area contributed by atoms with Gasteiger partial charge in [-0.3, -0.25) is 0 Å². The van der Waals surface area contributed by atoms with Crippen molar-refractivity contribution in [2.75, 3.05) is 0 Å². The van der Waals surface area contributed by atoms with E-state index in [1.54, 1.807) is 0 Å². The standard InChI is InChI=1S/C54H80O3/c1-32-36(22-33-25-39(48(2,3)4)45(55)40(26-33)49(5,6)7)31-37(23-34-27-41(50(8,9)10)46(56)42(28-34)51(11,12)13)54(20,21)38(32)24-35-29-43(52(14,15)16)47(57)44(30-35)53(17,18)19/h25-31,37,55-57H,22-24H2,1-21H3. The third kappa shape index (κ3) is 9.88. The average molecular weight is 777 g/mol. The molecule has 0 aliphatic heterocycles. The van der Waals surface area contributed by atoms with Gasteiger partial charge < -0.3 is 15.3 Å². The Kier molecular flexibility index (Phi) is 12.1. The SMILES string of the molecule is CC1=C(Cc2cc(C(C)(C)C)c(O)c(C(C)(C)C)c2)C(C)(C)C(Cc2cc(C(C)(C)C)c(O)c(C(C)(C)C)c2)C=C1Cc1cc(C(C)(C)C)c(O)c(C(C)(C)C)c1. The Labute approximate surface area is 349 Å². The first-order valence-corrected chi connectivity index (χ1v) is 21.5. The van der Waals surface area contributed by atoms with Crippen LogP contribution in [0.4, 0.5) is 0 Å². The molecule has 314 valence electrons. The summed E-state index contributed by atoms with van der Waals surface area (Å²) in [6.07, 6.45) is 4.94. The Morgan fingerprint density at radius 3 is 0.982 bits per heavy atom. The van der Waals surface area contributed by atoms with Crippen LogP contribution in [-0.4, -0.2) is 15.3 Å². The lowest BCUT2D eigenvalue weighted by Crippen LogP contribution is -2.33. The van der Waals surface area contributed by atoms with Crippen molar-refractivity contribution in [3.63, 3.8) is 0 Å². The summed E-state index contributed by atoms with van der Waals surface area (Å²) in [5.41, 5.74) is 12.2. The largest absolute Gasteiger partial charge is 0.507 e. The summed E-state index contributed by atoms with van der Waals surface area (Å²) in [5, 5.41) is 34.9. The molecule has 0 saturated heterocycles. The Balaban J connectivity index is 2.02. The second kappa shape index (κ2) is 15.0. The van der Waals surface area contributed by atoms with Gasteiger partial charge in [0.1, 0.15) is 17.2 Å². The molecule has 0 amide bonds. The Hall–Kier alpha value is -3.46. The molecular weight excluding hydrogens is 697 g/mol. The maximum absolute atomic E-state index is 11.7. The van der Waals surface area contributed by atoms with E-state index in [2.05, 4.69) is 188 Å². The third-order valence-corrected chi connectivity index (χ3v) is 12.6. The van der Waals surface area contributed by atoms with E-state index in [0.29, 0.717) is 17.2 Å². The molecule has 3 N–H and O–H groups in total. The normalized spacial score (nSPS) is 17.3. The van der Waals surface area contributed by atoms with Gasteiger partial charge in [0, 0.05) is 0 Å². The van der Waals surface area contributed by atoms with Crippen molar-refractivity contribution in [1.82, 2.24) is 0 Å². The van der Waals surface area contributed by atoms with Gasteiger partial charge in [0.05, 0.1) is 0 Å². The smallest absolute Gasteiger partial charge is 0.123 e. The molecule has 3 aromatic rings. The molecule has 0 heterocycles. The highest BCUT2D eigenvalue weighted by molar-refractivity contribution is 5.56. The van der Waals surface area contributed by atoms with Gasteiger partial charge >= 0.3 is 0 Å². The van der Waals surface area contributed by atoms with Gasteiger partial charge in [0.15, 0.2) is 0 Å². The van der Waals surface area contributed by atoms with Crippen LogP contribution in [0.25, 0.3) is 0 Å². The van der Waals surface area contributed by atoms with Crippen molar-refractivity contribution in [2.24, 2.45) is 11.3 Å². The lowest BCUT2D eigenvalue weighted by Gasteiger charge is -2.42. The number of hydrogen-bond acceptors (Lipinski definition) is 3. The Bertz CT molecular complexity index is 1950. The summed E-state index contributed by atoms with van der Waals surface area (Å²) in [6, 6.07) is 13.5. The minimum absolute atomic E-state index is 0.180. The van der Waals surface area contributed by atoms with E-state index >= 15 is 0 Å². The van der Waals surface area contributed by atoms with Crippen molar-refractivity contribution < 1.29 is 15.3 Å². The van der Waals surface area contributed by atoms with Crippen molar-refractivity contribution in [1.29, 1.82) is 0 Å².